The zero-order chi connectivity index (χ0) is 16.8. The summed E-state index contributed by atoms with van der Waals surface area (Å²) in [5.41, 5.74) is 4.12. The molecule has 0 saturated heterocycles. The Bertz CT molecular complexity index is 828. The first-order valence-corrected chi connectivity index (χ1v) is 8.13. The molecule has 0 N–H and O–H groups in total. The molecule has 3 heteroatoms. The second-order valence-corrected chi connectivity index (χ2v) is 5.96. The van der Waals surface area contributed by atoms with E-state index < -0.39 is 0 Å². The van der Waals surface area contributed by atoms with Crippen LogP contribution in [0.25, 0.3) is 11.1 Å². The number of halogens is 1. The minimum absolute atomic E-state index is 0.236. The molecule has 3 aromatic rings. The summed E-state index contributed by atoms with van der Waals surface area (Å²) in [5, 5.41) is -0.355. The quantitative estimate of drug-likeness (QED) is 0.575. The Hall–Kier alpha value is -2.58. The monoisotopic (exact) mass is 336 g/mol. The zero-order valence-corrected chi connectivity index (χ0v) is 13.9. The van der Waals surface area contributed by atoms with E-state index >= 15 is 0 Å². The third-order valence-corrected chi connectivity index (χ3v) is 3.82. The molecule has 0 saturated carbocycles. The topological polar surface area (TPSA) is 26.3 Å². The normalized spacial score (nSPS) is 10.4. The van der Waals surface area contributed by atoms with Crippen LogP contribution in [0.3, 0.4) is 0 Å². The average Bonchev–Trinajstić information content (AvgIpc) is 2.61. The predicted octanol–water partition coefficient (Wildman–Crippen LogP) is 5.24. The Kier molecular flexibility index (Phi) is 5.29. The van der Waals surface area contributed by atoms with Gasteiger partial charge in [-0.15, -0.1) is 0 Å². The van der Waals surface area contributed by atoms with Crippen LogP contribution < -0.4 is 4.74 Å². The molecule has 0 bridgehead atoms. The van der Waals surface area contributed by atoms with Crippen LogP contribution in [0.2, 0.25) is 0 Å². The molecule has 24 heavy (non-hydrogen) atoms. The highest BCUT2D eigenvalue weighted by atomic mass is 35.5. The van der Waals surface area contributed by atoms with Gasteiger partial charge in [-0.25, -0.2) is 0 Å². The van der Waals surface area contributed by atoms with E-state index in [0.717, 1.165) is 28.0 Å². The number of carbonyl (C=O) groups excluding carboxylic acids is 1. The predicted molar refractivity (Wildman–Crippen MR) is 97.2 cm³/mol. The van der Waals surface area contributed by atoms with E-state index in [2.05, 4.69) is 0 Å². The summed E-state index contributed by atoms with van der Waals surface area (Å²) in [6.07, 6.45) is 0.236. The van der Waals surface area contributed by atoms with Gasteiger partial charge in [-0.1, -0.05) is 66.7 Å². The van der Waals surface area contributed by atoms with Crippen molar-refractivity contribution < 1.29 is 9.53 Å². The van der Waals surface area contributed by atoms with Crippen LogP contribution in [0.5, 0.6) is 5.75 Å². The lowest BCUT2D eigenvalue weighted by Crippen LogP contribution is -1.95. The summed E-state index contributed by atoms with van der Waals surface area (Å²) in [6.45, 7) is 0.533. The highest BCUT2D eigenvalue weighted by molar-refractivity contribution is 6.63. The summed E-state index contributed by atoms with van der Waals surface area (Å²) in [5.74, 6) is 0.815. The van der Waals surface area contributed by atoms with Crippen molar-refractivity contribution >= 4 is 16.8 Å². The molecule has 120 valence electrons. The molecule has 0 unspecified atom stereocenters. The number of ether oxygens (including phenoxy) is 1. The van der Waals surface area contributed by atoms with Crippen molar-refractivity contribution in [1.82, 2.24) is 0 Å². The van der Waals surface area contributed by atoms with Gasteiger partial charge in [0.25, 0.3) is 0 Å². The van der Waals surface area contributed by atoms with Crippen LogP contribution in [-0.4, -0.2) is 5.24 Å². The third-order valence-electron chi connectivity index (χ3n) is 3.69. The van der Waals surface area contributed by atoms with Gasteiger partial charge in [0.2, 0.25) is 5.24 Å². The highest BCUT2D eigenvalue weighted by Crippen LogP contribution is 2.25. The lowest BCUT2D eigenvalue weighted by Gasteiger charge is -2.09. The van der Waals surface area contributed by atoms with Crippen molar-refractivity contribution in [1.29, 1.82) is 0 Å². The molecule has 3 aromatic carbocycles. The van der Waals surface area contributed by atoms with E-state index in [-0.39, 0.29) is 11.7 Å². The van der Waals surface area contributed by atoms with E-state index in [4.69, 9.17) is 16.3 Å². The zero-order valence-electron chi connectivity index (χ0n) is 13.1. The van der Waals surface area contributed by atoms with Gasteiger partial charge in [-0.3, -0.25) is 4.79 Å². The fourth-order valence-electron chi connectivity index (χ4n) is 2.53. The Labute approximate surface area is 146 Å². The van der Waals surface area contributed by atoms with Gasteiger partial charge in [0.05, 0.1) is 0 Å². The van der Waals surface area contributed by atoms with Crippen molar-refractivity contribution in [3.63, 3.8) is 0 Å². The van der Waals surface area contributed by atoms with Gasteiger partial charge < -0.3 is 4.74 Å². The maximum atomic E-state index is 11.1. The molecule has 0 atom stereocenters. The second kappa shape index (κ2) is 7.80. The Morgan fingerprint density at radius 3 is 2.21 bits per heavy atom. The first-order valence-electron chi connectivity index (χ1n) is 7.75. The number of hydrogen-bond acceptors (Lipinski definition) is 2. The first-order chi connectivity index (χ1) is 11.7. The molecule has 0 aliphatic carbocycles. The van der Waals surface area contributed by atoms with E-state index in [0.29, 0.717) is 6.61 Å². The van der Waals surface area contributed by atoms with Crippen LogP contribution in [0.4, 0.5) is 0 Å². The van der Waals surface area contributed by atoms with E-state index in [1.165, 1.54) is 0 Å². The maximum Gasteiger partial charge on any atom is 0.226 e. The third kappa shape index (κ3) is 4.46. The highest BCUT2D eigenvalue weighted by Gasteiger charge is 2.04. The molecule has 0 spiro atoms. The number of benzene rings is 3. The largest absolute Gasteiger partial charge is 0.489 e. The van der Waals surface area contributed by atoms with Gasteiger partial charge in [-0.2, -0.15) is 0 Å². The molecule has 0 fully saturated rings. The second-order valence-electron chi connectivity index (χ2n) is 5.53. The Morgan fingerprint density at radius 1 is 0.792 bits per heavy atom. The van der Waals surface area contributed by atoms with Crippen molar-refractivity contribution in [2.75, 3.05) is 0 Å². The van der Waals surface area contributed by atoms with Gasteiger partial charge in [-0.05, 0) is 46.0 Å². The molecule has 0 aliphatic heterocycles. The van der Waals surface area contributed by atoms with Crippen LogP contribution in [0, 0.1) is 0 Å². The SMILES string of the molecule is O=C(Cl)Cc1cccc(-c2cccc(OCc3ccccc3)c2)c1. The summed E-state index contributed by atoms with van der Waals surface area (Å²) >= 11 is 5.48. The average molecular weight is 337 g/mol. The van der Waals surface area contributed by atoms with Crippen molar-refractivity contribution in [2.45, 2.75) is 13.0 Å². The van der Waals surface area contributed by atoms with Gasteiger partial charge in [0.15, 0.2) is 0 Å². The van der Waals surface area contributed by atoms with Crippen molar-refractivity contribution in [3.8, 4) is 16.9 Å². The summed E-state index contributed by atoms with van der Waals surface area (Å²) in [6, 6.07) is 25.8. The van der Waals surface area contributed by atoms with Crippen LogP contribution >= 0.6 is 11.6 Å². The Balaban J connectivity index is 1.76. The lowest BCUT2D eigenvalue weighted by atomic mass is 10.0. The molecule has 3 rings (SSSR count). The minimum Gasteiger partial charge on any atom is -0.489 e. The van der Waals surface area contributed by atoms with E-state index in [1.807, 2.05) is 78.9 Å². The molecule has 2 nitrogen and oxygen atoms in total. The lowest BCUT2D eigenvalue weighted by molar-refractivity contribution is -0.111. The van der Waals surface area contributed by atoms with Crippen LogP contribution in [-0.2, 0) is 17.8 Å². The first kappa shape index (κ1) is 16.3. The summed E-state index contributed by atoms with van der Waals surface area (Å²) in [4.78, 5) is 11.1. The number of hydrogen-bond donors (Lipinski definition) is 0. The molecule has 0 radical (unpaired) electrons. The van der Waals surface area contributed by atoms with Crippen molar-refractivity contribution in [3.05, 3.63) is 90.0 Å². The molecule has 0 aliphatic rings. The van der Waals surface area contributed by atoms with Gasteiger partial charge in [0.1, 0.15) is 12.4 Å². The molecular formula is C21H17ClO2. The van der Waals surface area contributed by atoms with Gasteiger partial charge in [0, 0.05) is 6.42 Å². The van der Waals surface area contributed by atoms with E-state index in [9.17, 15) is 4.79 Å². The molecule has 0 heterocycles. The number of carbonyl (C=O) groups is 1. The fourth-order valence-corrected chi connectivity index (χ4v) is 2.68. The molecule has 0 amide bonds. The minimum atomic E-state index is -0.355. The number of rotatable bonds is 6. The van der Waals surface area contributed by atoms with Crippen LogP contribution in [0.1, 0.15) is 11.1 Å². The van der Waals surface area contributed by atoms with Crippen LogP contribution in [0.15, 0.2) is 78.9 Å². The molecule has 0 aromatic heterocycles. The molecular weight excluding hydrogens is 320 g/mol. The standard InChI is InChI=1S/C21H17ClO2/c22-21(23)13-17-8-4-9-18(12-17)19-10-5-11-20(14-19)24-15-16-6-2-1-3-7-16/h1-12,14H,13,15H2. The van der Waals surface area contributed by atoms with Crippen molar-refractivity contribution in [2.24, 2.45) is 0 Å². The summed E-state index contributed by atoms with van der Waals surface area (Å²) < 4.78 is 5.87. The Morgan fingerprint density at radius 2 is 1.46 bits per heavy atom. The smallest absolute Gasteiger partial charge is 0.226 e. The fraction of sp³-hybridized carbons (Fsp3) is 0.0952. The maximum absolute atomic E-state index is 11.1. The van der Waals surface area contributed by atoms with E-state index in [1.54, 1.807) is 0 Å². The summed E-state index contributed by atoms with van der Waals surface area (Å²) in [7, 11) is 0. The van der Waals surface area contributed by atoms with Gasteiger partial charge >= 0.3 is 0 Å².